The van der Waals surface area contributed by atoms with Crippen molar-refractivity contribution in [1.82, 2.24) is 4.57 Å². The Bertz CT molecular complexity index is 644. The van der Waals surface area contributed by atoms with Crippen molar-refractivity contribution in [3.8, 4) is 5.75 Å². The van der Waals surface area contributed by atoms with Gasteiger partial charge in [-0.05, 0) is 36.5 Å². The van der Waals surface area contributed by atoms with E-state index in [1.165, 1.54) is 5.56 Å². The lowest BCUT2D eigenvalue weighted by Gasteiger charge is -2.11. The van der Waals surface area contributed by atoms with E-state index < -0.39 is 0 Å². The number of aryl methyl sites for hydroxylation is 1. The van der Waals surface area contributed by atoms with Crippen LogP contribution in [-0.4, -0.2) is 11.2 Å². The molecule has 1 aromatic heterocycles. The molecule has 1 aromatic carbocycles. The van der Waals surface area contributed by atoms with Gasteiger partial charge in [-0.2, -0.15) is 0 Å². The molecule has 2 aromatic rings. The number of nitrogens with zero attached hydrogens (tertiary/aromatic N) is 1. The maximum absolute atomic E-state index is 12.1. The lowest BCUT2D eigenvalue weighted by atomic mass is 10.1. The van der Waals surface area contributed by atoms with Gasteiger partial charge in [-0.1, -0.05) is 38.1 Å². The Morgan fingerprint density at radius 3 is 2.62 bits per heavy atom. The van der Waals surface area contributed by atoms with E-state index >= 15 is 0 Å². The van der Waals surface area contributed by atoms with Crippen molar-refractivity contribution in [2.24, 2.45) is 5.92 Å². The van der Waals surface area contributed by atoms with Crippen molar-refractivity contribution < 1.29 is 4.74 Å². The van der Waals surface area contributed by atoms with Crippen LogP contribution in [0, 0.1) is 12.8 Å². The minimum absolute atomic E-state index is 0.0275. The zero-order valence-corrected chi connectivity index (χ0v) is 13.0. The number of rotatable bonds is 6. The smallest absolute Gasteiger partial charge is 0.254 e. The van der Waals surface area contributed by atoms with Gasteiger partial charge in [0.05, 0.1) is 13.2 Å². The summed E-state index contributed by atoms with van der Waals surface area (Å²) < 4.78 is 7.32. The molecule has 0 bridgehead atoms. The molecule has 21 heavy (non-hydrogen) atoms. The molecule has 0 aliphatic rings. The summed E-state index contributed by atoms with van der Waals surface area (Å²) in [5, 5.41) is 0. The van der Waals surface area contributed by atoms with Crippen LogP contribution in [0.4, 0.5) is 0 Å². The Hall–Kier alpha value is -2.03. The molecule has 3 nitrogen and oxygen atoms in total. The second-order valence-corrected chi connectivity index (χ2v) is 5.79. The SMILES string of the molecule is Cc1ccccc1Cn1ccc(OCCC(C)C)cc1=O. The second kappa shape index (κ2) is 7.11. The van der Waals surface area contributed by atoms with E-state index in [0.717, 1.165) is 12.0 Å². The van der Waals surface area contributed by atoms with E-state index in [1.54, 1.807) is 16.8 Å². The molecule has 0 aliphatic heterocycles. The zero-order valence-electron chi connectivity index (χ0n) is 13.0. The monoisotopic (exact) mass is 285 g/mol. The van der Waals surface area contributed by atoms with Crippen molar-refractivity contribution in [2.75, 3.05) is 6.61 Å². The number of ether oxygens (including phenoxy) is 1. The Balaban J connectivity index is 2.06. The highest BCUT2D eigenvalue weighted by Crippen LogP contribution is 2.11. The van der Waals surface area contributed by atoms with Gasteiger partial charge in [-0.15, -0.1) is 0 Å². The molecular weight excluding hydrogens is 262 g/mol. The van der Waals surface area contributed by atoms with Crippen LogP contribution in [0.2, 0.25) is 0 Å². The number of pyridine rings is 1. The topological polar surface area (TPSA) is 31.2 Å². The molecule has 0 amide bonds. The van der Waals surface area contributed by atoms with E-state index in [4.69, 9.17) is 4.74 Å². The van der Waals surface area contributed by atoms with Gasteiger partial charge in [0.1, 0.15) is 5.75 Å². The van der Waals surface area contributed by atoms with Gasteiger partial charge in [0, 0.05) is 12.3 Å². The van der Waals surface area contributed by atoms with E-state index in [9.17, 15) is 4.79 Å². The molecule has 3 heteroatoms. The molecule has 0 saturated carbocycles. The van der Waals surface area contributed by atoms with Gasteiger partial charge >= 0.3 is 0 Å². The van der Waals surface area contributed by atoms with Crippen molar-refractivity contribution >= 4 is 0 Å². The summed E-state index contributed by atoms with van der Waals surface area (Å²) in [6, 6.07) is 11.5. The third kappa shape index (κ3) is 4.48. The fourth-order valence-electron chi connectivity index (χ4n) is 2.09. The molecule has 0 fully saturated rings. The van der Waals surface area contributed by atoms with Crippen LogP contribution in [0.25, 0.3) is 0 Å². The molecule has 0 spiro atoms. The number of hydrogen-bond acceptors (Lipinski definition) is 2. The van der Waals surface area contributed by atoms with Crippen LogP contribution >= 0.6 is 0 Å². The third-order valence-electron chi connectivity index (χ3n) is 3.53. The molecule has 112 valence electrons. The third-order valence-corrected chi connectivity index (χ3v) is 3.53. The molecule has 0 atom stereocenters. The summed E-state index contributed by atoms with van der Waals surface area (Å²) in [6.45, 7) is 7.62. The fraction of sp³-hybridized carbons (Fsp3) is 0.389. The van der Waals surface area contributed by atoms with Crippen molar-refractivity contribution in [1.29, 1.82) is 0 Å². The Morgan fingerprint density at radius 2 is 1.95 bits per heavy atom. The Morgan fingerprint density at radius 1 is 1.19 bits per heavy atom. The highest BCUT2D eigenvalue weighted by molar-refractivity contribution is 5.26. The molecule has 0 aliphatic carbocycles. The van der Waals surface area contributed by atoms with Crippen LogP contribution < -0.4 is 10.3 Å². The number of benzene rings is 1. The van der Waals surface area contributed by atoms with Crippen LogP contribution in [0.5, 0.6) is 5.75 Å². The quantitative estimate of drug-likeness (QED) is 0.811. The van der Waals surface area contributed by atoms with Crippen LogP contribution in [0.1, 0.15) is 31.4 Å². The summed E-state index contributed by atoms with van der Waals surface area (Å²) in [7, 11) is 0. The average molecular weight is 285 g/mol. The molecule has 0 unspecified atom stereocenters. The predicted octanol–water partition coefficient (Wildman–Crippen LogP) is 3.63. The van der Waals surface area contributed by atoms with Gasteiger partial charge in [-0.3, -0.25) is 4.79 Å². The zero-order chi connectivity index (χ0) is 15.2. The van der Waals surface area contributed by atoms with Gasteiger partial charge < -0.3 is 9.30 Å². The lowest BCUT2D eigenvalue weighted by Crippen LogP contribution is -2.19. The molecule has 2 rings (SSSR count). The molecule has 0 radical (unpaired) electrons. The van der Waals surface area contributed by atoms with Gasteiger partial charge in [0.15, 0.2) is 0 Å². The van der Waals surface area contributed by atoms with Crippen molar-refractivity contribution in [3.63, 3.8) is 0 Å². The molecule has 1 heterocycles. The van der Waals surface area contributed by atoms with E-state index in [2.05, 4.69) is 32.9 Å². The maximum Gasteiger partial charge on any atom is 0.254 e. The Labute approximate surface area is 126 Å². The Kier molecular flexibility index (Phi) is 5.20. The summed E-state index contributed by atoms with van der Waals surface area (Å²) in [4.78, 5) is 12.1. The summed E-state index contributed by atoms with van der Waals surface area (Å²) >= 11 is 0. The van der Waals surface area contributed by atoms with Crippen LogP contribution in [0.3, 0.4) is 0 Å². The summed E-state index contributed by atoms with van der Waals surface area (Å²) in [6.07, 6.45) is 2.80. The predicted molar refractivity (Wildman–Crippen MR) is 85.9 cm³/mol. The number of aromatic nitrogens is 1. The maximum atomic E-state index is 12.1. The first-order valence-electron chi connectivity index (χ1n) is 7.44. The molecule has 0 saturated heterocycles. The molecular formula is C18H23NO2. The number of hydrogen-bond donors (Lipinski definition) is 0. The highest BCUT2D eigenvalue weighted by atomic mass is 16.5. The first-order chi connectivity index (χ1) is 10.1. The minimum Gasteiger partial charge on any atom is -0.493 e. The molecule has 0 N–H and O–H groups in total. The van der Waals surface area contributed by atoms with Gasteiger partial charge in [0.25, 0.3) is 5.56 Å². The van der Waals surface area contributed by atoms with E-state index in [-0.39, 0.29) is 5.56 Å². The first kappa shape index (κ1) is 15.4. The van der Waals surface area contributed by atoms with Crippen LogP contribution in [0.15, 0.2) is 47.4 Å². The largest absolute Gasteiger partial charge is 0.493 e. The van der Waals surface area contributed by atoms with Gasteiger partial charge in [-0.25, -0.2) is 0 Å². The summed E-state index contributed by atoms with van der Waals surface area (Å²) in [5.74, 6) is 1.26. The summed E-state index contributed by atoms with van der Waals surface area (Å²) in [5.41, 5.74) is 2.33. The second-order valence-electron chi connectivity index (χ2n) is 5.79. The van der Waals surface area contributed by atoms with Crippen molar-refractivity contribution in [2.45, 2.75) is 33.7 Å². The fourth-order valence-corrected chi connectivity index (χ4v) is 2.09. The minimum atomic E-state index is -0.0275. The normalized spacial score (nSPS) is 10.9. The van der Waals surface area contributed by atoms with E-state index in [0.29, 0.717) is 24.8 Å². The van der Waals surface area contributed by atoms with Gasteiger partial charge in [0.2, 0.25) is 0 Å². The first-order valence-corrected chi connectivity index (χ1v) is 7.44. The van der Waals surface area contributed by atoms with Crippen LogP contribution in [-0.2, 0) is 6.54 Å². The highest BCUT2D eigenvalue weighted by Gasteiger charge is 2.03. The average Bonchev–Trinajstić information content (AvgIpc) is 2.43. The standard InChI is InChI=1S/C18H23NO2/c1-14(2)9-11-21-17-8-10-19(18(20)12-17)13-16-7-5-4-6-15(16)3/h4-8,10,12,14H,9,11,13H2,1-3H3. The lowest BCUT2D eigenvalue weighted by molar-refractivity contribution is 0.288. The van der Waals surface area contributed by atoms with E-state index in [1.807, 2.05) is 18.2 Å². The van der Waals surface area contributed by atoms with Crippen molar-refractivity contribution in [3.05, 3.63) is 64.1 Å².